The number of thiocarbonyl (C=S) groups is 1. The molecular weight excluding hydrogens is 322 g/mol. The smallest absolute Gasteiger partial charge is 0.265 e. The van der Waals surface area contributed by atoms with E-state index >= 15 is 0 Å². The van der Waals surface area contributed by atoms with E-state index < -0.39 is 6.10 Å². The summed E-state index contributed by atoms with van der Waals surface area (Å²) >= 11 is 5.67. The monoisotopic (exact) mass is 347 g/mol. The molecule has 0 spiro atoms. The number of hydrogen-bond donors (Lipinski definition) is 1. The molecule has 0 aromatic heterocycles. The van der Waals surface area contributed by atoms with Crippen LogP contribution in [0.3, 0.4) is 0 Å². The second-order valence-corrected chi connectivity index (χ2v) is 7.09. The minimum absolute atomic E-state index is 0.0463. The Morgan fingerprint density at radius 3 is 2.67 bits per heavy atom. The van der Waals surface area contributed by atoms with Crippen LogP contribution in [0.5, 0.6) is 5.75 Å². The molecule has 2 aliphatic rings. The molecule has 24 heavy (non-hydrogen) atoms. The predicted octanol–water partition coefficient (Wildman–Crippen LogP) is 2.55. The summed E-state index contributed by atoms with van der Waals surface area (Å²) in [7, 11) is 3.49. The van der Waals surface area contributed by atoms with Crippen molar-refractivity contribution in [1.29, 1.82) is 0 Å². The third-order valence-corrected chi connectivity index (χ3v) is 5.01. The van der Waals surface area contributed by atoms with Crippen molar-refractivity contribution >= 4 is 28.9 Å². The summed E-state index contributed by atoms with van der Waals surface area (Å²) in [5, 5.41) is 4.18. The number of likely N-dealkylation sites (N-methyl/N-ethyl adjacent to an activating group) is 1. The van der Waals surface area contributed by atoms with Crippen LogP contribution in [0.25, 0.3) is 0 Å². The van der Waals surface area contributed by atoms with Crippen molar-refractivity contribution in [3.05, 3.63) is 24.3 Å². The highest BCUT2D eigenvalue weighted by atomic mass is 32.1. The lowest BCUT2D eigenvalue weighted by Crippen LogP contribution is -2.54. The molecule has 1 aliphatic heterocycles. The molecule has 1 aromatic carbocycles. The van der Waals surface area contributed by atoms with Crippen molar-refractivity contribution in [2.24, 2.45) is 0 Å². The average Bonchev–Trinajstić information content (AvgIpc) is 2.60. The zero-order chi connectivity index (χ0) is 17.1. The Balaban J connectivity index is 1.79. The Labute approximate surface area is 149 Å². The summed E-state index contributed by atoms with van der Waals surface area (Å²) < 4.78 is 5.91. The van der Waals surface area contributed by atoms with Crippen molar-refractivity contribution in [2.75, 3.05) is 25.5 Å². The van der Waals surface area contributed by atoms with Crippen LogP contribution in [0.1, 0.15) is 32.1 Å². The summed E-state index contributed by atoms with van der Waals surface area (Å²) in [6, 6.07) is 8.19. The largest absolute Gasteiger partial charge is 0.476 e. The average molecular weight is 347 g/mol. The molecule has 1 unspecified atom stereocenters. The molecule has 0 bridgehead atoms. The van der Waals surface area contributed by atoms with Crippen LogP contribution in [-0.4, -0.2) is 48.7 Å². The first kappa shape index (κ1) is 17.0. The van der Waals surface area contributed by atoms with Crippen molar-refractivity contribution in [3.63, 3.8) is 0 Å². The van der Waals surface area contributed by atoms with Gasteiger partial charge in [0.05, 0.1) is 12.2 Å². The molecule has 6 heteroatoms. The zero-order valence-electron chi connectivity index (χ0n) is 14.3. The lowest BCUT2D eigenvalue weighted by Gasteiger charge is -2.37. The number of ether oxygens (including phenoxy) is 1. The highest BCUT2D eigenvalue weighted by Gasteiger charge is 2.33. The molecule has 1 amide bonds. The van der Waals surface area contributed by atoms with E-state index in [-0.39, 0.29) is 5.91 Å². The minimum atomic E-state index is -0.541. The van der Waals surface area contributed by atoms with Gasteiger partial charge in [-0.05, 0) is 37.2 Å². The van der Waals surface area contributed by atoms with E-state index in [0.717, 1.165) is 18.5 Å². The maximum atomic E-state index is 12.4. The van der Waals surface area contributed by atoms with E-state index in [2.05, 4.69) is 5.32 Å². The van der Waals surface area contributed by atoms with Gasteiger partial charge >= 0.3 is 0 Å². The van der Waals surface area contributed by atoms with Gasteiger partial charge in [0.25, 0.3) is 5.91 Å². The Morgan fingerprint density at radius 2 is 1.96 bits per heavy atom. The molecule has 1 heterocycles. The number of amides is 1. The number of nitrogens with one attached hydrogen (secondary N) is 1. The molecule has 0 radical (unpaired) electrons. The maximum absolute atomic E-state index is 12.4. The molecule has 5 nitrogen and oxygen atoms in total. The van der Waals surface area contributed by atoms with Gasteiger partial charge in [0.1, 0.15) is 5.75 Å². The maximum Gasteiger partial charge on any atom is 0.265 e. The van der Waals surface area contributed by atoms with Crippen molar-refractivity contribution in [1.82, 2.24) is 10.2 Å². The van der Waals surface area contributed by atoms with Crippen molar-refractivity contribution in [2.45, 2.75) is 44.2 Å². The fraction of sp³-hybridized carbons (Fsp3) is 0.556. The number of nitrogens with zero attached hydrogens (tertiary/aromatic N) is 2. The molecular formula is C18H25N3O2S. The quantitative estimate of drug-likeness (QED) is 0.833. The van der Waals surface area contributed by atoms with Crippen LogP contribution in [0, 0.1) is 0 Å². The van der Waals surface area contributed by atoms with Gasteiger partial charge in [-0.3, -0.25) is 4.79 Å². The number of carbonyl (C=O) groups is 1. The first-order valence-corrected chi connectivity index (χ1v) is 9.02. The van der Waals surface area contributed by atoms with Crippen LogP contribution < -0.4 is 15.0 Å². The molecule has 1 fully saturated rings. The standard InChI is InChI=1S/C18H25N3O2S/c1-20(2)17(22)16-12-21(14-10-6-7-11-15(14)23-16)18(24)19-13-8-4-3-5-9-13/h6-7,10-11,13,16H,3-5,8-9,12H2,1-2H3,(H,19,24). The second-order valence-electron chi connectivity index (χ2n) is 6.70. The van der Waals surface area contributed by atoms with Gasteiger partial charge in [-0.25, -0.2) is 0 Å². The van der Waals surface area contributed by atoms with Gasteiger partial charge in [0.15, 0.2) is 11.2 Å². The highest BCUT2D eigenvalue weighted by molar-refractivity contribution is 7.80. The molecule has 1 atom stereocenters. The normalized spacial score (nSPS) is 20.8. The molecule has 130 valence electrons. The number of fused-ring (bicyclic) bond motifs is 1. The van der Waals surface area contributed by atoms with Gasteiger partial charge < -0.3 is 19.9 Å². The number of carbonyl (C=O) groups excluding carboxylic acids is 1. The van der Waals surface area contributed by atoms with Crippen LogP contribution in [-0.2, 0) is 4.79 Å². The molecule has 3 rings (SSSR count). The van der Waals surface area contributed by atoms with Gasteiger partial charge in [-0.2, -0.15) is 0 Å². The lowest BCUT2D eigenvalue weighted by molar-refractivity contribution is -0.135. The van der Waals surface area contributed by atoms with Gasteiger partial charge in [0, 0.05) is 20.1 Å². The highest BCUT2D eigenvalue weighted by Crippen LogP contribution is 2.33. The van der Waals surface area contributed by atoms with Crippen molar-refractivity contribution < 1.29 is 9.53 Å². The number of rotatable bonds is 2. The SMILES string of the molecule is CN(C)C(=O)C1CN(C(=S)NC2CCCCC2)c2ccccc2O1. The van der Waals surface area contributed by atoms with Crippen LogP contribution in [0.4, 0.5) is 5.69 Å². The molecule has 1 aliphatic carbocycles. The third-order valence-electron chi connectivity index (χ3n) is 4.67. The lowest BCUT2D eigenvalue weighted by atomic mass is 9.96. The zero-order valence-corrected chi connectivity index (χ0v) is 15.1. The van der Waals surface area contributed by atoms with E-state index in [9.17, 15) is 4.79 Å². The van der Waals surface area contributed by atoms with E-state index in [4.69, 9.17) is 17.0 Å². The van der Waals surface area contributed by atoms with Gasteiger partial charge in [0.2, 0.25) is 0 Å². The fourth-order valence-electron chi connectivity index (χ4n) is 3.34. The Morgan fingerprint density at radius 1 is 1.25 bits per heavy atom. The number of anilines is 1. The molecule has 1 saturated carbocycles. The first-order valence-electron chi connectivity index (χ1n) is 8.61. The second kappa shape index (κ2) is 7.38. The van der Waals surface area contributed by atoms with Crippen molar-refractivity contribution in [3.8, 4) is 5.75 Å². The molecule has 0 saturated heterocycles. The molecule has 1 N–H and O–H groups in total. The summed E-state index contributed by atoms with van der Waals surface area (Å²) in [5.41, 5.74) is 0.925. The minimum Gasteiger partial charge on any atom is -0.476 e. The van der Waals surface area contributed by atoms with Crippen LogP contribution >= 0.6 is 12.2 Å². The first-order chi connectivity index (χ1) is 11.6. The third kappa shape index (κ3) is 3.64. The Hall–Kier alpha value is -1.82. The van der Waals surface area contributed by atoms with E-state index in [1.54, 1.807) is 19.0 Å². The number of benzene rings is 1. The van der Waals surface area contributed by atoms with Crippen LogP contribution in [0.2, 0.25) is 0 Å². The summed E-state index contributed by atoms with van der Waals surface area (Å²) in [4.78, 5) is 15.9. The molecule has 1 aromatic rings. The fourth-order valence-corrected chi connectivity index (χ4v) is 3.68. The van der Waals surface area contributed by atoms with E-state index in [1.165, 1.54) is 19.3 Å². The van der Waals surface area contributed by atoms with Crippen LogP contribution in [0.15, 0.2) is 24.3 Å². The Kier molecular flexibility index (Phi) is 5.23. The summed E-state index contributed by atoms with van der Waals surface area (Å²) in [5.74, 6) is 0.659. The van der Waals surface area contributed by atoms with E-state index in [1.807, 2.05) is 29.2 Å². The van der Waals surface area contributed by atoms with Gasteiger partial charge in [-0.15, -0.1) is 0 Å². The number of hydrogen-bond acceptors (Lipinski definition) is 3. The summed E-state index contributed by atoms with van der Waals surface area (Å²) in [6.45, 7) is 0.437. The number of para-hydroxylation sites is 2. The predicted molar refractivity (Wildman–Crippen MR) is 99.5 cm³/mol. The van der Waals surface area contributed by atoms with E-state index in [0.29, 0.717) is 23.4 Å². The topological polar surface area (TPSA) is 44.8 Å². The van der Waals surface area contributed by atoms with Gasteiger partial charge in [-0.1, -0.05) is 31.4 Å². The Bertz CT molecular complexity index is 614. The summed E-state index contributed by atoms with van der Waals surface area (Å²) in [6.07, 6.45) is 5.59.